The Morgan fingerprint density at radius 3 is 2.67 bits per heavy atom. The van der Waals surface area contributed by atoms with Gasteiger partial charge in [0.1, 0.15) is 6.10 Å². The van der Waals surface area contributed by atoms with E-state index in [4.69, 9.17) is 9.16 Å². The number of H-pyrrole nitrogens is 1. The predicted molar refractivity (Wildman–Crippen MR) is 157 cm³/mol. The summed E-state index contributed by atoms with van der Waals surface area (Å²) in [5.74, 6) is -3.57. The molecule has 1 saturated carbocycles. The Labute approximate surface area is 239 Å². The van der Waals surface area contributed by atoms with Crippen LogP contribution in [-0.2, 0) is 15.6 Å². The Hall–Kier alpha value is -2.39. The second kappa shape index (κ2) is 11.8. The maximum absolute atomic E-state index is 15.8. The number of hydrogen-bond donors (Lipinski definition) is 1. The van der Waals surface area contributed by atoms with E-state index in [1.807, 2.05) is 6.08 Å². The average molecular weight is 573 g/mol. The lowest BCUT2D eigenvalue weighted by Crippen LogP contribution is -2.44. The molecule has 2 heterocycles. The molecule has 2 aromatic rings. The molecule has 1 saturated heterocycles. The number of aromatic nitrogens is 4. The van der Waals surface area contributed by atoms with E-state index in [9.17, 15) is 0 Å². The molecule has 6 atom stereocenters. The van der Waals surface area contributed by atoms with Crippen LogP contribution in [0.15, 0.2) is 48.3 Å². The normalized spacial score (nSPS) is 27.2. The van der Waals surface area contributed by atoms with Crippen molar-refractivity contribution in [3.63, 3.8) is 0 Å². The van der Waals surface area contributed by atoms with Crippen LogP contribution in [0.5, 0.6) is 0 Å². The minimum absolute atomic E-state index is 0.0346. The molecular formula is C31H46F2N4O2Si. The number of aryl methyl sites for hydroxylation is 2. The van der Waals surface area contributed by atoms with Gasteiger partial charge >= 0.3 is 5.92 Å². The zero-order valence-corrected chi connectivity index (χ0v) is 26.2. The second-order valence-electron chi connectivity index (χ2n) is 13.3. The number of rotatable bonds is 10. The molecule has 0 amide bonds. The van der Waals surface area contributed by atoms with Crippen LogP contribution in [0, 0.1) is 24.7 Å². The van der Waals surface area contributed by atoms with Crippen molar-refractivity contribution in [3.05, 3.63) is 65.2 Å². The van der Waals surface area contributed by atoms with Crippen LogP contribution in [0.2, 0.25) is 18.1 Å². The maximum atomic E-state index is 15.8. The summed E-state index contributed by atoms with van der Waals surface area (Å²) in [6, 6.07) is 8.50. The third-order valence-electron chi connectivity index (χ3n) is 9.25. The summed E-state index contributed by atoms with van der Waals surface area (Å²) in [7, 11) is -2.12. The lowest BCUT2D eigenvalue weighted by atomic mass is 9.84. The predicted octanol–water partition coefficient (Wildman–Crippen LogP) is 7.77. The van der Waals surface area contributed by atoms with E-state index in [1.165, 1.54) is 11.1 Å². The second-order valence-corrected chi connectivity index (χ2v) is 18.1. The largest absolute Gasteiger partial charge is 0.488 e. The Morgan fingerprint density at radius 1 is 1.27 bits per heavy atom. The lowest BCUT2D eigenvalue weighted by Gasteiger charge is -2.40. The minimum atomic E-state index is -3.01. The summed E-state index contributed by atoms with van der Waals surface area (Å²) in [6.45, 7) is 17.5. The Bertz CT molecular complexity index is 1190. The minimum Gasteiger partial charge on any atom is -0.488 e. The number of nitrogens with zero attached hydrogens (tertiary/aromatic N) is 3. The molecule has 40 heavy (non-hydrogen) atoms. The Morgan fingerprint density at radius 2 is 2.02 bits per heavy atom. The van der Waals surface area contributed by atoms with Crippen molar-refractivity contribution in [2.45, 2.75) is 109 Å². The van der Waals surface area contributed by atoms with Gasteiger partial charge in [-0.2, -0.15) is 14.0 Å². The summed E-state index contributed by atoms with van der Waals surface area (Å²) in [5, 5.41) is 13.8. The molecule has 2 fully saturated rings. The van der Waals surface area contributed by atoms with E-state index >= 15 is 8.78 Å². The summed E-state index contributed by atoms with van der Waals surface area (Å²) < 4.78 is 44.5. The van der Waals surface area contributed by atoms with Crippen LogP contribution in [0.25, 0.3) is 0 Å². The monoisotopic (exact) mass is 572 g/mol. The van der Waals surface area contributed by atoms with Crippen molar-refractivity contribution in [2.24, 2.45) is 17.8 Å². The number of ether oxygens (including phenoxy) is 1. The molecule has 1 aliphatic heterocycles. The van der Waals surface area contributed by atoms with Crippen molar-refractivity contribution in [1.82, 2.24) is 20.6 Å². The summed E-state index contributed by atoms with van der Waals surface area (Å²) in [5.41, 5.74) is 2.40. The van der Waals surface area contributed by atoms with Crippen LogP contribution in [0.1, 0.15) is 76.8 Å². The van der Waals surface area contributed by atoms with Gasteiger partial charge in [0, 0.05) is 12.3 Å². The lowest BCUT2D eigenvalue weighted by molar-refractivity contribution is -0.0181. The van der Waals surface area contributed by atoms with Crippen molar-refractivity contribution in [1.29, 1.82) is 0 Å². The van der Waals surface area contributed by atoms with Crippen LogP contribution in [0.4, 0.5) is 8.78 Å². The number of unbranched alkanes of at least 4 members (excludes halogenated alkanes) is 1. The average Bonchev–Trinajstić information content (AvgIpc) is 3.55. The maximum Gasteiger partial charge on any atom is 0.310 e. The fourth-order valence-corrected chi connectivity index (χ4v) is 7.07. The van der Waals surface area contributed by atoms with Gasteiger partial charge in [0.05, 0.1) is 12.0 Å². The van der Waals surface area contributed by atoms with Gasteiger partial charge in [-0.1, -0.05) is 81.8 Å². The number of halogens is 2. The van der Waals surface area contributed by atoms with Gasteiger partial charge in [0.25, 0.3) is 0 Å². The molecule has 1 aromatic heterocycles. The van der Waals surface area contributed by atoms with Crippen LogP contribution in [0.3, 0.4) is 0 Å². The Kier molecular flexibility index (Phi) is 9.05. The van der Waals surface area contributed by atoms with Gasteiger partial charge in [-0.3, -0.25) is 0 Å². The first-order chi connectivity index (χ1) is 18.7. The van der Waals surface area contributed by atoms with E-state index < -0.39 is 26.3 Å². The number of fused-ring (bicyclic) bond motifs is 1. The molecular weight excluding hydrogens is 526 g/mol. The molecule has 4 rings (SSSR count). The fourth-order valence-electron chi connectivity index (χ4n) is 5.76. The SMILES string of the molecule is Cc1cccc([C@@H](C)[C@@H](/C=C/[C@@H]2[C@@H]3[C@H](C[C@H]2C)O/C(=C\CCCc2nn[nH]n2)C3(F)F)O[Si](C)(C)C(C)(C)C)c1. The third-order valence-corrected chi connectivity index (χ3v) is 13.7. The summed E-state index contributed by atoms with van der Waals surface area (Å²) in [4.78, 5) is 0. The van der Waals surface area contributed by atoms with Crippen LogP contribution < -0.4 is 0 Å². The molecule has 0 spiro atoms. The third kappa shape index (κ3) is 6.56. The molecule has 9 heteroatoms. The van der Waals surface area contributed by atoms with E-state index in [2.05, 4.69) is 106 Å². The molecule has 0 bridgehead atoms. The number of allylic oxidation sites excluding steroid dienone is 3. The zero-order chi connectivity index (χ0) is 29.3. The highest BCUT2D eigenvalue weighted by atomic mass is 28.4. The zero-order valence-electron chi connectivity index (χ0n) is 25.2. The van der Waals surface area contributed by atoms with E-state index in [0.717, 1.165) is 0 Å². The number of benzene rings is 1. The number of hydrogen-bond acceptors (Lipinski definition) is 5. The van der Waals surface area contributed by atoms with Gasteiger partial charge in [-0.15, -0.1) is 10.2 Å². The molecule has 0 unspecified atom stereocenters. The number of nitrogens with one attached hydrogen (secondary N) is 1. The molecule has 1 aliphatic carbocycles. The highest BCUT2D eigenvalue weighted by molar-refractivity contribution is 6.74. The van der Waals surface area contributed by atoms with E-state index in [-0.39, 0.29) is 34.7 Å². The molecule has 1 aromatic carbocycles. The molecule has 220 valence electrons. The number of alkyl halides is 2. The van der Waals surface area contributed by atoms with E-state index in [1.54, 1.807) is 6.08 Å². The van der Waals surface area contributed by atoms with Crippen molar-refractivity contribution in [2.75, 3.05) is 0 Å². The first-order valence-electron chi connectivity index (χ1n) is 14.6. The molecule has 6 nitrogen and oxygen atoms in total. The smallest absolute Gasteiger partial charge is 0.310 e. The van der Waals surface area contributed by atoms with Gasteiger partial charge in [0.2, 0.25) is 0 Å². The Balaban J connectivity index is 1.54. The number of aromatic amines is 1. The number of tetrazole rings is 1. The van der Waals surface area contributed by atoms with Gasteiger partial charge in [-0.05, 0) is 67.8 Å². The fraction of sp³-hybridized carbons (Fsp3) is 0.645. The molecule has 1 N–H and O–H groups in total. The van der Waals surface area contributed by atoms with E-state index in [0.29, 0.717) is 31.5 Å². The molecule has 2 aliphatic rings. The van der Waals surface area contributed by atoms with Gasteiger partial charge in [0.15, 0.2) is 19.9 Å². The van der Waals surface area contributed by atoms with Crippen LogP contribution >= 0.6 is 0 Å². The summed E-state index contributed by atoms with van der Waals surface area (Å²) >= 11 is 0. The first-order valence-corrected chi connectivity index (χ1v) is 17.5. The highest BCUT2D eigenvalue weighted by Gasteiger charge is 2.62. The quantitative estimate of drug-likeness (QED) is 0.179. The van der Waals surface area contributed by atoms with Gasteiger partial charge < -0.3 is 9.16 Å². The van der Waals surface area contributed by atoms with Crippen molar-refractivity contribution in [3.8, 4) is 0 Å². The van der Waals surface area contributed by atoms with Gasteiger partial charge in [-0.25, -0.2) is 0 Å². The topological polar surface area (TPSA) is 72.9 Å². The van der Waals surface area contributed by atoms with Crippen LogP contribution in [-0.4, -0.2) is 47.1 Å². The highest BCUT2D eigenvalue weighted by Crippen LogP contribution is 2.56. The standard InChI is InChI=1S/C31H46F2N4O2Si/c1-20-12-11-13-23(18-20)22(3)25(39-40(7,8)30(4,5)6)17-16-24-21(2)19-26-29(24)31(32,33)27(38-26)14-9-10-15-28-34-36-37-35-28/h11-14,16-18,21-22,24-26,29H,9-10,15,19H2,1-8H3,(H,34,35,36,37)/b17-16+,27-14-/t21-,22-,24+,25-,26+,29-/m1/s1. The van der Waals surface area contributed by atoms with Crippen molar-refractivity contribution < 1.29 is 17.9 Å². The molecule has 0 radical (unpaired) electrons. The summed E-state index contributed by atoms with van der Waals surface area (Å²) in [6.07, 6.45) is 7.32. The van der Waals surface area contributed by atoms with Crippen molar-refractivity contribution >= 4 is 8.32 Å². The first kappa shape index (κ1) is 30.6.